The molecule has 1 heterocycles. The van der Waals surface area contributed by atoms with Gasteiger partial charge in [0.2, 0.25) is 5.91 Å². The molecule has 0 radical (unpaired) electrons. The SMILES string of the molecule is CCC1C(=O)NC2(CCCC2)C(=O)N1c1cccc(Cl)c1. The molecule has 21 heavy (non-hydrogen) atoms. The van der Waals surface area contributed by atoms with E-state index in [0.29, 0.717) is 17.1 Å². The van der Waals surface area contributed by atoms with Gasteiger partial charge in [-0.15, -0.1) is 0 Å². The minimum absolute atomic E-state index is 0.00807. The second-order valence-electron chi connectivity index (χ2n) is 5.86. The number of anilines is 1. The van der Waals surface area contributed by atoms with E-state index in [1.807, 2.05) is 19.1 Å². The summed E-state index contributed by atoms with van der Waals surface area (Å²) >= 11 is 6.05. The Bertz CT molecular complexity index is 581. The molecule has 0 aromatic heterocycles. The molecular formula is C16H19ClN2O2. The predicted molar refractivity (Wildman–Crippen MR) is 82.4 cm³/mol. The van der Waals surface area contributed by atoms with Gasteiger partial charge in [0.15, 0.2) is 0 Å². The summed E-state index contributed by atoms with van der Waals surface area (Å²) in [4.78, 5) is 27.2. The minimum Gasteiger partial charge on any atom is -0.340 e. The average Bonchev–Trinajstić information content (AvgIpc) is 2.92. The lowest BCUT2D eigenvalue weighted by molar-refractivity contribution is -0.138. The Morgan fingerprint density at radius 3 is 2.67 bits per heavy atom. The van der Waals surface area contributed by atoms with Crippen molar-refractivity contribution in [3.8, 4) is 0 Å². The first-order chi connectivity index (χ1) is 10.1. The van der Waals surface area contributed by atoms with Crippen molar-refractivity contribution in [3.05, 3.63) is 29.3 Å². The molecule has 2 amide bonds. The number of benzene rings is 1. The largest absolute Gasteiger partial charge is 0.340 e. The molecule has 1 aliphatic heterocycles. The van der Waals surface area contributed by atoms with Gasteiger partial charge >= 0.3 is 0 Å². The third-order valence-electron chi connectivity index (χ3n) is 4.54. The normalized spacial score (nSPS) is 24.5. The summed E-state index contributed by atoms with van der Waals surface area (Å²) in [6.07, 6.45) is 3.99. The van der Waals surface area contributed by atoms with Crippen molar-refractivity contribution >= 4 is 29.1 Å². The fraction of sp³-hybridized carbons (Fsp3) is 0.500. The third kappa shape index (κ3) is 2.31. The Balaban J connectivity index is 2.04. The van der Waals surface area contributed by atoms with Crippen LogP contribution >= 0.6 is 11.6 Å². The van der Waals surface area contributed by atoms with Crippen molar-refractivity contribution < 1.29 is 9.59 Å². The van der Waals surface area contributed by atoms with Crippen LogP contribution in [0, 0.1) is 0 Å². The fourth-order valence-corrected chi connectivity index (χ4v) is 3.66. The van der Waals surface area contributed by atoms with Crippen molar-refractivity contribution in [2.75, 3.05) is 4.90 Å². The smallest absolute Gasteiger partial charge is 0.253 e. The number of piperazine rings is 1. The van der Waals surface area contributed by atoms with Crippen LogP contribution in [0.15, 0.2) is 24.3 Å². The van der Waals surface area contributed by atoms with Gasteiger partial charge in [-0.05, 0) is 37.5 Å². The molecule has 1 unspecified atom stereocenters. The van der Waals surface area contributed by atoms with Crippen molar-refractivity contribution in [3.63, 3.8) is 0 Å². The second-order valence-corrected chi connectivity index (χ2v) is 6.29. The van der Waals surface area contributed by atoms with Gasteiger partial charge in [-0.25, -0.2) is 0 Å². The molecule has 1 aliphatic carbocycles. The highest BCUT2D eigenvalue weighted by molar-refractivity contribution is 6.31. The molecule has 2 aliphatic rings. The van der Waals surface area contributed by atoms with E-state index >= 15 is 0 Å². The Labute approximate surface area is 129 Å². The lowest BCUT2D eigenvalue weighted by Crippen LogP contribution is -2.69. The van der Waals surface area contributed by atoms with E-state index < -0.39 is 11.6 Å². The quantitative estimate of drug-likeness (QED) is 0.913. The van der Waals surface area contributed by atoms with Gasteiger partial charge in [0, 0.05) is 10.7 Å². The Kier molecular flexibility index (Phi) is 3.66. The number of rotatable bonds is 2. The van der Waals surface area contributed by atoms with Gasteiger partial charge in [0.1, 0.15) is 11.6 Å². The first-order valence-electron chi connectivity index (χ1n) is 7.49. The number of nitrogens with zero attached hydrogens (tertiary/aromatic N) is 1. The van der Waals surface area contributed by atoms with Crippen LogP contribution in [0.1, 0.15) is 39.0 Å². The summed E-state index contributed by atoms with van der Waals surface area (Å²) in [5.74, 6) is -0.0484. The van der Waals surface area contributed by atoms with Crippen molar-refractivity contribution in [2.45, 2.75) is 50.6 Å². The maximum absolute atomic E-state index is 13.0. The molecule has 112 valence electrons. The Morgan fingerprint density at radius 2 is 2.05 bits per heavy atom. The highest BCUT2D eigenvalue weighted by Crippen LogP contribution is 2.37. The van der Waals surface area contributed by atoms with Crippen LogP contribution in [-0.4, -0.2) is 23.4 Å². The van der Waals surface area contributed by atoms with Crippen molar-refractivity contribution in [1.82, 2.24) is 5.32 Å². The van der Waals surface area contributed by atoms with E-state index in [0.717, 1.165) is 25.7 Å². The molecule has 1 saturated heterocycles. The number of halogens is 1. The average molecular weight is 307 g/mol. The van der Waals surface area contributed by atoms with Crippen LogP contribution in [-0.2, 0) is 9.59 Å². The van der Waals surface area contributed by atoms with Crippen LogP contribution in [0.4, 0.5) is 5.69 Å². The summed E-state index contributed by atoms with van der Waals surface area (Å²) in [6, 6.07) is 6.72. The zero-order valence-corrected chi connectivity index (χ0v) is 12.8. The summed E-state index contributed by atoms with van der Waals surface area (Å²) in [6.45, 7) is 1.92. The number of hydrogen-bond donors (Lipinski definition) is 1. The maximum Gasteiger partial charge on any atom is 0.253 e. The second kappa shape index (κ2) is 5.34. The monoisotopic (exact) mass is 306 g/mol. The van der Waals surface area contributed by atoms with Gasteiger partial charge in [-0.3, -0.25) is 14.5 Å². The Morgan fingerprint density at radius 1 is 1.33 bits per heavy atom. The first kappa shape index (κ1) is 14.4. The number of carbonyl (C=O) groups is 2. The molecule has 0 bridgehead atoms. The summed E-state index contributed by atoms with van der Waals surface area (Å²) in [5.41, 5.74) is 0.00547. The van der Waals surface area contributed by atoms with Gasteiger partial charge in [0.25, 0.3) is 5.91 Å². The molecule has 1 spiro atoms. The molecule has 1 aromatic carbocycles. The van der Waals surface area contributed by atoms with Gasteiger partial charge in [-0.2, -0.15) is 0 Å². The molecule has 5 heteroatoms. The number of nitrogens with one attached hydrogen (secondary N) is 1. The van der Waals surface area contributed by atoms with Crippen molar-refractivity contribution in [1.29, 1.82) is 0 Å². The zero-order chi connectivity index (χ0) is 15.0. The van der Waals surface area contributed by atoms with Crippen LogP contribution in [0.2, 0.25) is 5.02 Å². The molecule has 2 fully saturated rings. The zero-order valence-electron chi connectivity index (χ0n) is 12.1. The minimum atomic E-state index is -0.703. The summed E-state index contributed by atoms with van der Waals surface area (Å²) < 4.78 is 0. The molecule has 1 N–H and O–H groups in total. The lowest BCUT2D eigenvalue weighted by atomic mass is 9.89. The number of amides is 2. The van der Waals surface area contributed by atoms with Crippen LogP contribution < -0.4 is 10.2 Å². The third-order valence-corrected chi connectivity index (χ3v) is 4.77. The van der Waals surface area contributed by atoms with Crippen LogP contribution in [0.5, 0.6) is 0 Å². The molecule has 1 atom stereocenters. The van der Waals surface area contributed by atoms with E-state index in [1.165, 1.54) is 0 Å². The number of carbonyl (C=O) groups excluding carboxylic acids is 2. The van der Waals surface area contributed by atoms with Crippen LogP contribution in [0.3, 0.4) is 0 Å². The predicted octanol–water partition coefficient (Wildman–Crippen LogP) is 2.89. The summed E-state index contributed by atoms with van der Waals surface area (Å²) in [7, 11) is 0. The van der Waals surface area contributed by atoms with Gasteiger partial charge < -0.3 is 5.32 Å². The van der Waals surface area contributed by atoms with E-state index in [9.17, 15) is 9.59 Å². The highest BCUT2D eigenvalue weighted by atomic mass is 35.5. The van der Waals surface area contributed by atoms with E-state index in [-0.39, 0.29) is 11.8 Å². The van der Waals surface area contributed by atoms with Crippen molar-refractivity contribution in [2.24, 2.45) is 0 Å². The molecule has 3 rings (SSSR count). The fourth-order valence-electron chi connectivity index (χ4n) is 3.47. The standard InChI is InChI=1S/C16H19ClN2O2/c1-2-13-14(20)18-16(8-3-4-9-16)15(21)19(13)12-7-5-6-11(17)10-12/h5-7,10,13H,2-4,8-9H2,1H3,(H,18,20). The van der Waals surface area contributed by atoms with E-state index in [2.05, 4.69) is 5.32 Å². The first-order valence-corrected chi connectivity index (χ1v) is 7.86. The van der Waals surface area contributed by atoms with Crippen LogP contribution in [0.25, 0.3) is 0 Å². The lowest BCUT2D eigenvalue weighted by Gasteiger charge is -2.44. The van der Waals surface area contributed by atoms with E-state index in [4.69, 9.17) is 11.6 Å². The summed E-state index contributed by atoms with van der Waals surface area (Å²) in [5, 5.41) is 3.56. The van der Waals surface area contributed by atoms with E-state index in [1.54, 1.807) is 17.0 Å². The molecule has 4 nitrogen and oxygen atoms in total. The Hall–Kier alpha value is -1.55. The van der Waals surface area contributed by atoms with Gasteiger partial charge in [0.05, 0.1) is 0 Å². The van der Waals surface area contributed by atoms with Gasteiger partial charge in [-0.1, -0.05) is 37.4 Å². The molecular weight excluding hydrogens is 288 g/mol. The topological polar surface area (TPSA) is 49.4 Å². The molecule has 1 saturated carbocycles. The highest BCUT2D eigenvalue weighted by Gasteiger charge is 2.52. The molecule has 1 aromatic rings. The maximum atomic E-state index is 13.0. The number of hydrogen-bond acceptors (Lipinski definition) is 2.